The van der Waals surface area contributed by atoms with E-state index in [1.807, 2.05) is 0 Å². The van der Waals surface area contributed by atoms with Crippen LogP contribution in [0.1, 0.15) is 0 Å². The Morgan fingerprint density at radius 3 is 1.85 bits per heavy atom. The second kappa shape index (κ2) is 4.48. The fourth-order valence-electron chi connectivity index (χ4n) is 2.30. The molecule has 0 N–H and O–H groups in total. The quantitative estimate of drug-likeness (QED) is 0.691. The lowest BCUT2D eigenvalue weighted by molar-refractivity contribution is 0.480. The van der Waals surface area contributed by atoms with Crippen molar-refractivity contribution in [1.29, 1.82) is 0 Å². The predicted molar refractivity (Wildman–Crippen MR) is 72.9 cm³/mol. The molecule has 3 rings (SSSR count). The summed E-state index contributed by atoms with van der Waals surface area (Å²) >= 11 is 0. The van der Waals surface area contributed by atoms with Crippen molar-refractivity contribution in [3.63, 3.8) is 0 Å². The first-order chi connectivity index (χ1) is 9.49. The number of aromatic nitrogens is 3. The van der Waals surface area contributed by atoms with E-state index in [0.29, 0.717) is 5.69 Å². The summed E-state index contributed by atoms with van der Waals surface area (Å²) in [6.45, 7) is 0.0203. The summed E-state index contributed by atoms with van der Waals surface area (Å²) < 4.78 is 26.6. The number of rotatable bonds is 1. The Balaban J connectivity index is 2.20. The number of para-hydroxylation sites is 1. The lowest BCUT2D eigenvalue weighted by atomic mass is 10.3. The fraction of sp³-hybridized carbons (Fsp3) is 0.333. The zero-order valence-electron chi connectivity index (χ0n) is 10.6. The molecule has 1 aromatic carbocycles. The molecule has 0 saturated heterocycles. The molecular formula is C12H13N3O4S. The van der Waals surface area contributed by atoms with Gasteiger partial charge in [0.15, 0.2) is 9.84 Å². The Morgan fingerprint density at radius 2 is 1.35 bits per heavy atom. The number of hydrogen-bond acceptors (Lipinski definition) is 4. The van der Waals surface area contributed by atoms with Crippen LogP contribution in [0.3, 0.4) is 0 Å². The van der Waals surface area contributed by atoms with Crippen LogP contribution in [0.2, 0.25) is 0 Å². The molecule has 1 aliphatic rings. The van der Waals surface area contributed by atoms with E-state index in [1.54, 1.807) is 30.3 Å². The molecule has 8 heteroatoms. The van der Waals surface area contributed by atoms with Crippen molar-refractivity contribution in [2.24, 2.45) is 0 Å². The summed E-state index contributed by atoms with van der Waals surface area (Å²) in [5.74, 6) is -0.240. The van der Waals surface area contributed by atoms with Gasteiger partial charge in [0, 0.05) is 0 Å². The van der Waals surface area contributed by atoms with Crippen LogP contribution in [-0.4, -0.2) is 33.9 Å². The second-order valence-electron chi connectivity index (χ2n) is 4.63. The number of nitrogens with zero attached hydrogens (tertiary/aromatic N) is 3. The maximum atomic E-state index is 12.3. The van der Waals surface area contributed by atoms with Crippen molar-refractivity contribution in [3.8, 4) is 5.69 Å². The first-order valence-corrected chi connectivity index (χ1v) is 8.00. The smallest absolute Gasteiger partial charge is 0.246 e. The van der Waals surface area contributed by atoms with Crippen molar-refractivity contribution >= 4 is 9.84 Å². The van der Waals surface area contributed by atoms with Gasteiger partial charge >= 0.3 is 11.4 Å². The van der Waals surface area contributed by atoms with Crippen molar-refractivity contribution in [2.75, 3.05) is 11.5 Å². The van der Waals surface area contributed by atoms with Gasteiger partial charge in [0.2, 0.25) is 0 Å². The third-order valence-corrected chi connectivity index (χ3v) is 4.97. The van der Waals surface area contributed by atoms with Crippen molar-refractivity contribution in [2.45, 2.75) is 13.1 Å². The van der Waals surface area contributed by atoms with Gasteiger partial charge in [-0.25, -0.2) is 31.9 Å². The van der Waals surface area contributed by atoms with Gasteiger partial charge in [-0.05, 0) is 12.1 Å². The Labute approximate surface area is 114 Å². The highest BCUT2D eigenvalue weighted by molar-refractivity contribution is 7.91. The molecule has 1 aromatic heterocycles. The maximum absolute atomic E-state index is 12.3. The van der Waals surface area contributed by atoms with Crippen molar-refractivity contribution in [3.05, 3.63) is 51.3 Å². The molecule has 0 aliphatic carbocycles. The normalized spacial score (nSPS) is 17.4. The summed E-state index contributed by atoms with van der Waals surface area (Å²) in [5.41, 5.74) is -0.518. The Kier molecular flexibility index (Phi) is 2.89. The van der Waals surface area contributed by atoms with Crippen LogP contribution in [-0.2, 0) is 22.9 Å². The lowest BCUT2D eigenvalue weighted by Crippen LogP contribution is -2.29. The first-order valence-electron chi connectivity index (χ1n) is 6.18. The third-order valence-electron chi connectivity index (χ3n) is 3.36. The minimum Gasteiger partial charge on any atom is -0.246 e. The monoisotopic (exact) mass is 295 g/mol. The molecule has 0 bridgehead atoms. The summed E-state index contributed by atoms with van der Waals surface area (Å²) in [7, 11) is -3.20. The van der Waals surface area contributed by atoms with Crippen LogP contribution in [0, 0.1) is 0 Å². The van der Waals surface area contributed by atoms with Gasteiger partial charge in [-0.3, -0.25) is 0 Å². The highest BCUT2D eigenvalue weighted by atomic mass is 32.2. The lowest BCUT2D eigenvalue weighted by Gasteiger charge is -2.00. The van der Waals surface area contributed by atoms with E-state index in [1.165, 1.54) is 9.36 Å². The molecular weight excluding hydrogens is 282 g/mol. The van der Waals surface area contributed by atoms with Gasteiger partial charge in [0.1, 0.15) is 0 Å². The minimum atomic E-state index is -3.20. The highest BCUT2D eigenvalue weighted by Crippen LogP contribution is 2.04. The Hall–Kier alpha value is -2.09. The van der Waals surface area contributed by atoms with E-state index < -0.39 is 21.2 Å². The third kappa shape index (κ3) is 2.01. The van der Waals surface area contributed by atoms with Gasteiger partial charge in [-0.2, -0.15) is 0 Å². The molecule has 0 saturated carbocycles. The topological polar surface area (TPSA) is 83.1 Å². The molecule has 20 heavy (non-hydrogen) atoms. The maximum Gasteiger partial charge on any atom is 0.351 e. The van der Waals surface area contributed by atoms with Crippen LogP contribution in [0.15, 0.2) is 39.9 Å². The zero-order chi connectivity index (χ0) is 14.3. The predicted octanol–water partition coefficient (Wildman–Crippen LogP) is -0.771. The molecule has 1 aliphatic heterocycles. The van der Waals surface area contributed by atoms with E-state index in [2.05, 4.69) is 0 Å². The van der Waals surface area contributed by atoms with E-state index in [9.17, 15) is 18.0 Å². The van der Waals surface area contributed by atoms with Crippen LogP contribution in [0.4, 0.5) is 0 Å². The molecule has 106 valence electrons. The van der Waals surface area contributed by atoms with Crippen LogP contribution in [0.5, 0.6) is 0 Å². The summed E-state index contributed by atoms with van der Waals surface area (Å²) in [6, 6.07) is 8.60. The molecule has 0 atom stereocenters. The van der Waals surface area contributed by atoms with Crippen LogP contribution < -0.4 is 11.4 Å². The largest absolute Gasteiger partial charge is 0.351 e. The molecule has 0 fully saturated rings. The van der Waals surface area contributed by atoms with E-state index >= 15 is 0 Å². The van der Waals surface area contributed by atoms with Gasteiger partial charge in [0.25, 0.3) is 0 Å². The number of sulfone groups is 1. The summed E-state index contributed by atoms with van der Waals surface area (Å²) in [5, 5.41) is 0. The molecule has 0 radical (unpaired) electrons. The number of benzene rings is 1. The fourth-order valence-corrected chi connectivity index (χ4v) is 3.41. The molecule has 0 unspecified atom stereocenters. The molecule has 7 nitrogen and oxygen atoms in total. The van der Waals surface area contributed by atoms with Gasteiger partial charge in [-0.1, -0.05) is 18.2 Å². The zero-order valence-corrected chi connectivity index (χ0v) is 11.4. The van der Waals surface area contributed by atoms with E-state index in [-0.39, 0.29) is 24.6 Å². The standard InChI is InChI=1S/C12H13N3O4S/c16-11-13-6-8-20(18,19)9-7-14(13)12(17)15(11)10-4-2-1-3-5-10/h1-5H,6-9H2. The minimum absolute atomic E-state index is 0.0102. The average molecular weight is 295 g/mol. The molecule has 0 spiro atoms. The van der Waals surface area contributed by atoms with Gasteiger partial charge in [0.05, 0.1) is 30.3 Å². The van der Waals surface area contributed by atoms with Crippen molar-refractivity contribution < 1.29 is 8.42 Å². The number of hydrogen-bond donors (Lipinski definition) is 0. The van der Waals surface area contributed by atoms with Gasteiger partial charge < -0.3 is 0 Å². The molecule has 2 aromatic rings. The van der Waals surface area contributed by atoms with E-state index in [0.717, 1.165) is 4.57 Å². The van der Waals surface area contributed by atoms with Crippen LogP contribution >= 0.6 is 0 Å². The molecule has 2 heterocycles. The second-order valence-corrected chi connectivity index (χ2v) is 6.94. The average Bonchev–Trinajstić information content (AvgIpc) is 2.55. The first kappa shape index (κ1) is 12.9. The summed E-state index contributed by atoms with van der Waals surface area (Å²) in [4.78, 5) is 24.6. The summed E-state index contributed by atoms with van der Waals surface area (Å²) in [6.07, 6.45) is 0. The van der Waals surface area contributed by atoms with Crippen LogP contribution in [0.25, 0.3) is 5.69 Å². The number of fused-ring (bicyclic) bond motifs is 1. The SMILES string of the molecule is O=c1n(-c2ccccc2)c(=O)n2n1CCS(=O)(=O)CC2. The Morgan fingerprint density at radius 1 is 0.850 bits per heavy atom. The molecule has 0 amide bonds. The van der Waals surface area contributed by atoms with Gasteiger partial charge in [-0.15, -0.1) is 0 Å². The van der Waals surface area contributed by atoms with E-state index in [4.69, 9.17) is 0 Å². The highest BCUT2D eigenvalue weighted by Gasteiger charge is 2.23. The van der Waals surface area contributed by atoms with Crippen molar-refractivity contribution in [1.82, 2.24) is 13.9 Å². The Bertz CT molecular complexity index is 813.